The second kappa shape index (κ2) is 6.78. The number of nitrogens with one attached hydrogen (secondary N) is 1. The largest absolute Gasteiger partial charge is 0.454 e. The minimum atomic E-state index is -0.530. The number of benzene rings is 2. The van der Waals surface area contributed by atoms with Crippen LogP contribution in [-0.4, -0.2) is 17.7 Å². The topological polar surface area (TPSA) is 60.5 Å². The summed E-state index contributed by atoms with van der Waals surface area (Å²) in [6.45, 7) is 2.21. The van der Waals surface area contributed by atoms with E-state index in [2.05, 4.69) is 10.3 Å². The molecule has 6 heteroatoms. The van der Waals surface area contributed by atoms with Crippen molar-refractivity contribution in [2.45, 2.75) is 25.2 Å². The van der Waals surface area contributed by atoms with Crippen LogP contribution in [-0.2, 0) is 10.2 Å². The maximum Gasteiger partial charge on any atom is 0.236 e. The van der Waals surface area contributed by atoms with Gasteiger partial charge in [-0.25, -0.2) is 4.98 Å². The van der Waals surface area contributed by atoms with Crippen LogP contribution in [0.2, 0.25) is 5.02 Å². The van der Waals surface area contributed by atoms with E-state index >= 15 is 0 Å². The Kier molecular flexibility index (Phi) is 4.21. The number of halogens is 1. The number of hydrogen-bond donors (Lipinski definition) is 1. The van der Waals surface area contributed by atoms with Crippen molar-refractivity contribution in [3.63, 3.8) is 0 Å². The average molecular weight is 409 g/mol. The highest BCUT2D eigenvalue weighted by Gasteiger charge is 2.51. The van der Waals surface area contributed by atoms with Crippen molar-refractivity contribution < 1.29 is 15.7 Å². The molecule has 1 saturated carbocycles. The normalized spacial score (nSPS) is 15.8. The van der Waals surface area contributed by atoms with Gasteiger partial charge in [-0.15, -0.1) is 0 Å². The molecule has 1 aliphatic carbocycles. The Morgan fingerprint density at radius 3 is 2.66 bits per heavy atom. The molecule has 1 N–H and O–H groups in total. The number of hydrogen-bond acceptors (Lipinski definition) is 4. The first-order chi connectivity index (χ1) is 14.1. The van der Waals surface area contributed by atoms with Crippen LogP contribution < -0.4 is 14.8 Å². The first-order valence-electron chi connectivity index (χ1n) is 9.50. The molecule has 0 atom stereocenters. The standard InChI is InChI=1S/C23H19ClN2O3.H2/c1-14-10-21(25-12-17(14)16-4-2-3-5-18(16)24)26-22(27)23(8-9-23)15-6-7-19-20(11-15)29-13-28-19;/h2-7,10-12H,8-9,13H2,1H3,(H,25,26,27);1H. The number of pyridine rings is 1. The smallest absolute Gasteiger partial charge is 0.236 e. The molecule has 1 aromatic heterocycles. The van der Waals surface area contributed by atoms with Gasteiger partial charge in [-0.2, -0.15) is 0 Å². The van der Waals surface area contributed by atoms with Crippen LogP contribution in [0.5, 0.6) is 11.5 Å². The van der Waals surface area contributed by atoms with Gasteiger partial charge in [0.2, 0.25) is 12.7 Å². The Morgan fingerprint density at radius 1 is 1.10 bits per heavy atom. The molecule has 1 aliphatic heterocycles. The number of rotatable bonds is 4. The van der Waals surface area contributed by atoms with E-state index in [1.165, 1.54) is 0 Å². The van der Waals surface area contributed by atoms with E-state index in [0.717, 1.165) is 40.8 Å². The molecular weight excluding hydrogens is 388 g/mol. The molecule has 0 radical (unpaired) electrons. The number of aryl methyl sites for hydroxylation is 1. The van der Waals surface area contributed by atoms with Gasteiger partial charge in [0.15, 0.2) is 11.5 Å². The lowest BCUT2D eigenvalue weighted by Crippen LogP contribution is -2.28. The third-order valence-corrected chi connectivity index (χ3v) is 5.96. The van der Waals surface area contributed by atoms with Crippen LogP contribution in [0.25, 0.3) is 11.1 Å². The molecule has 2 aromatic carbocycles. The summed E-state index contributed by atoms with van der Waals surface area (Å²) in [4.78, 5) is 17.5. The molecule has 1 amide bonds. The maximum absolute atomic E-state index is 13.1. The molecule has 2 aliphatic rings. The molecule has 5 nitrogen and oxygen atoms in total. The van der Waals surface area contributed by atoms with Crippen molar-refractivity contribution in [1.82, 2.24) is 4.98 Å². The lowest BCUT2D eigenvalue weighted by Gasteiger charge is -2.17. The Labute approximate surface area is 175 Å². The lowest BCUT2D eigenvalue weighted by molar-refractivity contribution is -0.118. The van der Waals surface area contributed by atoms with Crippen molar-refractivity contribution in [2.75, 3.05) is 12.1 Å². The summed E-state index contributed by atoms with van der Waals surface area (Å²) in [6, 6.07) is 15.3. The predicted octanol–water partition coefficient (Wildman–Crippen LogP) is 5.36. The minimum absolute atomic E-state index is 0. The third-order valence-electron chi connectivity index (χ3n) is 5.63. The van der Waals surface area contributed by atoms with Gasteiger partial charge in [0.25, 0.3) is 0 Å². The number of aromatic nitrogens is 1. The summed E-state index contributed by atoms with van der Waals surface area (Å²) in [5, 5.41) is 3.66. The number of carbonyl (C=O) groups is 1. The third kappa shape index (κ3) is 3.12. The van der Waals surface area contributed by atoms with Crippen molar-refractivity contribution >= 4 is 23.3 Å². The number of nitrogens with zero attached hydrogens (tertiary/aromatic N) is 1. The van der Waals surface area contributed by atoms with E-state index in [0.29, 0.717) is 16.6 Å². The lowest BCUT2D eigenvalue weighted by atomic mass is 9.94. The molecule has 29 heavy (non-hydrogen) atoms. The summed E-state index contributed by atoms with van der Waals surface area (Å²) in [5.74, 6) is 1.90. The van der Waals surface area contributed by atoms with Gasteiger partial charge in [0.1, 0.15) is 5.82 Å². The van der Waals surface area contributed by atoms with Crippen molar-refractivity contribution in [3.8, 4) is 22.6 Å². The molecule has 0 saturated heterocycles. The van der Waals surface area contributed by atoms with E-state index in [1.54, 1.807) is 6.20 Å². The molecule has 148 valence electrons. The van der Waals surface area contributed by atoms with Crippen LogP contribution in [0.1, 0.15) is 25.4 Å². The van der Waals surface area contributed by atoms with Gasteiger partial charge in [0.05, 0.1) is 5.41 Å². The quantitative estimate of drug-likeness (QED) is 0.631. The Balaban J connectivity index is 0.00000218. The zero-order chi connectivity index (χ0) is 20.0. The summed E-state index contributed by atoms with van der Waals surface area (Å²) in [7, 11) is 0. The molecular formula is C23H21ClN2O3. The Bertz CT molecular complexity index is 1130. The number of fused-ring (bicyclic) bond motifs is 1. The molecule has 1 fully saturated rings. The summed E-state index contributed by atoms with van der Waals surface area (Å²) in [6.07, 6.45) is 3.36. The van der Waals surface area contributed by atoms with Gasteiger partial charge in [-0.3, -0.25) is 4.79 Å². The number of carbonyl (C=O) groups excluding carboxylic acids is 1. The fourth-order valence-electron chi connectivity index (χ4n) is 3.79. The Hall–Kier alpha value is -3.05. The van der Waals surface area contributed by atoms with E-state index in [1.807, 2.05) is 55.5 Å². The van der Waals surface area contributed by atoms with Crippen molar-refractivity contribution in [1.29, 1.82) is 0 Å². The van der Waals surface area contributed by atoms with Crippen LogP contribution in [0, 0.1) is 6.92 Å². The minimum Gasteiger partial charge on any atom is -0.454 e. The number of ether oxygens (including phenoxy) is 2. The molecule has 0 bridgehead atoms. The van der Waals surface area contributed by atoms with E-state index in [4.69, 9.17) is 21.1 Å². The Morgan fingerprint density at radius 2 is 1.90 bits per heavy atom. The molecule has 3 aromatic rings. The van der Waals surface area contributed by atoms with Crippen LogP contribution in [0.4, 0.5) is 5.82 Å². The van der Waals surface area contributed by atoms with E-state index in [-0.39, 0.29) is 14.1 Å². The SMILES string of the molecule is Cc1cc(NC(=O)C2(c3ccc4c(c3)OCO4)CC2)ncc1-c1ccccc1Cl.[HH]. The highest BCUT2D eigenvalue weighted by Crippen LogP contribution is 2.51. The summed E-state index contributed by atoms with van der Waals surface area (Å²) < 4.78 is 10.8. The van der Waals surface area contributed by atoms with Crippen LogP contribution in [0.15, 0.2) is 54.7 Å². The number of anilines is 1. The van der Waals surface area contributed by atoms with Gasteiger partial charge in [-0.1, -0.05) is 35.9 Å². The van der Waals surface area contributed by atoms with Crippen LogP contribution in [0.3, 0.4) is 0 Å². The zero-order valence-corrected chi connectivity index (χ0v) is 16.6. The van der Waals surface area contributed by atoms with Crippen molar-refractivity contribution in [2.24, 2.45) is 0 Å². The summed E-state index contributed by atoms with van der Waals surface area (Å²) >= 11 is 6.31. The molecule has 0 unspecified atom stereocenters. The predicted molar refractivity (Wildman–Crippen MR) is 114 cm³/mol. The monoisotopic (exact) mass is 408 g/mol. The van der Waals surface area contributed by atoms with Crippen molar-refractivity contribution in [3.05, 3.63) is 70.9 Å². The molecule has 0 spiro atoms. The average Bonchev–Trinajstić information content (AvgIpc) is 3.40. The fraction of sp³-hybridized carbons (Fsp3) is 0.217. The number of amides is 1. The summed E-state index contributed by atoms with van der Waals surface area (Å²) in [5.41, 5.74) is 3.29. The van der Waals surface area contributed by atoms with E-state index < -0.39 is 5.41 Å². The second-order valence-corrected chi connectivity index (χ2v) is 7.88. The molecule has 5 rings (SSSR count). The van der Waals surface area contributed by atoms with Gasteiger partial charge >= 0.3 is 0 Å². The van der Waals surface area contributed by atoms with Gasteiger partial charge < -0.3 is 14.8 Å². The van der Waals surface area contributed by atoms with Gasteiger partial charge in [-0.05, 0) is 55.2 Å². The first kappa shape index (κ1) is 18.0. The fourth-order valence-corrected chi connectivity index (χ4v) is 4.03. The highest BCUT2D eigenvalue weighted by molar-refractivity contribution is 6.33. The maximum atomic E-state index is 13.1. The second-order valence-electron chi connectivity index (χ2n) is 7.47. The van der Waals surface area contributed by atoms with Crippen LogP contribution >= 0.6 is 11.6 Å². The zero-order valence-electron chi connectivity index (χ0n) is 15.9. The van der Waals surface area contributed by atoms with Gasteiger partial charge in [0, 0.05) is 23.8 Å². The molecule has 2 heterocycles. The van der Waals surface area contributed by atoms with E-state index in [9.17, 15) is 4.79 Å². The first-order valence-corrected chi connectivity index (χ1v) is 9.88. The highest BCUT2D eigenvalue weighted by atomic mass is 35.5.